The minimum atomic E-state index is -0.171. The van der Waals surface area contributed by atoms with Crippen LogP contribution in [-0.2, 0) is 23.2 Å². The first-order valence-corrected chi connectivity index (χ1v) is 8.10. The molecule has 0 unspecified atom stereocenters. The molecule has 0 spiro atoms. The van der Waals surface area contributed by atoms with E-state index in [1.54, 1.807) is 23.2 Å². The van der Waals surface area contributed by atoms with E-state index in [9.17, 15) is 14.4 Å². The number of carbonyl (C=O) groups is 2. The molecule has 1 aromatic heterocycles. The Hall–Kier alpha value is -2.57. The number of imidazole rings is 1. The summed E-state index contributed by atoms with van der Waals surface area (Å²) in [5.74, 6) is -0.337. The Balaban J connectivity index is 2.01. The second-order valence-corrected chi connectivity index (χ2v) is 5.83. The molecule has 130 valence electrons. The summed E-state index contributed by atoms with van der Waals surface area (Å²) >= 11 is 0. The highest BCUT2D eigenvalue weighted by atomic mass is 16.2. The Labute approximate surface area is 140 Å². The third-order valence-electron chi connectivity index (χ3n) is 3.98. The molecule has 2 amide bonds. The largest absolute Gasteiger partial charge is 0.355 e. The summed E-state index contributed by atoms with van der Waals surface area (Å²) in [6.45, 7) is 2.90. The molecule has 0 saturated carbocycles. The summed E-state index contributed by atoms with van der Waals surface area (Å²) in [6.07, 6.45) is 1.03. The second kappa shape index (κ2) is 7.81. The summed E-state index contributed by atoms with van der Waals surface area (Å²) in [5, 5.41) is 2.74. The molecule has 1 aromatic carbocycles. The molecule has 24 heavy (non-hydrogen) atoms. The van der Waals surface area contributed by atoms with Gasteiger partial charge in [0.1, 0.15) is 0 Å². The number of nitrogens with one attached hydrogen (secondary N) is 1. The van der Waals surface area contributed by atoms with Crippen LogP contribution < -0.4 is 11.0 Å². The second-order valence-electron chi connectivity index (χ2n) is 5.83. The average Bonchev–Trinajstić information content (AvgIpc) is 2.82. The van der Waals surface area contributed by atoms with Gasteiger partial charge in [0.15, 0.2) is 0 Å². The minimum absolute atomic E-state index is 0.0310. The zero-order chi connectivity index (χ0) is 17.7. The highest BCUT2D eigenvalue weighted by Crippen LogP contribution is 2.12. The van der Waals surface area contributed by atoms with Crippen molar-refractivity contribution in [3.05, 3.63) is 34.7 Å². The van der Waals surface area contributed by atoms with E-state index in [2.05, 4.69) is 5.32 Å². The number of amides is 2. The SMILES string of the molecule is CCCNC(=O)CN(C)C(=O)CCn1c(=O)n(C)c2ccccc21. The maximum absolute atomic E-state index is 12.3. The number of para-hydroxylation sites is 2. The predicted molar refractivity (Wildman–Crippen MR) is 92.7 cm³/mol. The summed E-state index contributed by atoms with van der Waals surface area (Å²) in [7, 11) is 3.31. The van der Waals surface area contributed by atoms with Gasteiger partial charge in [-0.15, -0.1) is 0 Å². The van der Waals surface area contributed by atoms with Gasteiger partial charge >= 0.3 is 5.69 Å². The van der Waals surface area contributed by atoms with Gasteiger partial charge in [-0.05, 0) is 18.6 Å². The summed E-state index contributed by atoms with van der Waals surface area (Å²) in [5.41, 5.74) is 1.50. The van der Waals surface area contributed by atoms with Gasteiger partial charge in [-0.25, -0.2) is 4.79 Å². The number of rotatable bonds is 7. The van der Waals surface area contributed by atoms with Crippen molar-refractivity contribution < 1.29 is 9.59 Å². The van der Waals surface area contributed by atoms with Crippen LogP contribution in [0.25, 0.3) is 11.0 Å². The van der Waals surface area contributed by atoms with E-state index in [1.807, 2.05) is 31.2 Å². The van der Waals surface area contributed by atoms with Crippen molar-refractivity contribution in [3.63, 3.8) is 0 Å². The molecule has 7 heteroatoms. The minimum Gasteiger partial charge on any atom is -0.355 e. The number of aromatic nitrogens is 2. The number of aryl methyl sites for hydroxylation is 2. The number of fused-ring (bicyclic) bond motifs is 1. The standard InChI is InChI=1S/C17H24N4O3/c1-4-10-18-15(22)12-19(2)16(23)9-11-21-14-8-6-5-7-13(14)20(3)17(21)24/h5-8H,4,9-12H2,1-3H3,(H,18,22). The lowest BCUT2D eigenvalue weighted by Gasteiger charge is -2.16. The number of nitrogens with zero attached hydrogens (tertiary/aromatic N) is 3. The zero-order valence-corrected chi connectivity index (χ0v) is 14.4. The number of likely N-dealkylation sites (N-methyl/N-ethyl adjacent to an activating group) is 1. The molecular weight excluding hydrogens is 308 g/mol. The molecule has 1 N–H and O–H groups in total. The van der Waals surface area contributed by atoms with Crippen LogP contribution in [0.2, 0.25) is 0 Å². The van der Waals surface area contributed by atoms with E-state index in [0.717, 1.165) is 17.5 Å². The molecule has 0 aliphatic rings. The first kappa shape index (κ1) is 17.8. The van der Waals surface area contributed by atoms with Crippen molar-refractivity contribution in [1.82, 2.24) is 19.4 Å². The van der Waals surface area contributed by atoms with E-state index >= 15 is 0 Å². The number of carbonyl (C=O) groups excluding carboxylic acids is 2. The van der Waals surface area contributed by atoms with E-state index in [0.29, 0.717) is 13.1 Å². The molecule has 0 bridgehead atoms. The van der Waals surface area contributed by atoms with Crippen LogP contribution in [0.1, 0.15) is 19.8 Å². The van der Waals surface area contributed by atoms with Gasteiger partial charge in [-0.3, -0.25) is 18.7 Å². The Bertz CT molecular complexity index is 791. The lowest BCUT2D eigenvalue weighted by atomic mass is 10.3. The summed E-state index contributed by atoms with van der Waals surface area (Å²) < 4.78 is 3.17. The van der Waals surface area contributed by atoms with Crippen molar-refractivity contribution in [2.75, 3.05) is 20.1 Å². The van der Waals surface area contributed by atoms with Crippen molar-refractivity contribution >= 4 is 22.8 Å². The van der Waals surface area contributed by atoms with Crippen molar-refractivity contribution in [2.45, 2.75) is 26.3 Å². The van der Waals surface area contributed by atoms with E-state index in [-0.39, 0.29) is 30.5 Å². The monoisotopic (exact) mass is 332 g/mol. The summed E-state index contributed by atoms with van der Waals surface area (Å²) in [4.78, 5) is 37.6. The fourth-order valence-corrected chi connectivity index (χ4v) is 2.60. The first-order chi connectivity index (χ1) is 11.5. The Morgan fingerprint density at radius 3 is 2.54 bits per heavy atom. The number of benzene rings is 1. The molecule has 1 heterocycles. The Morgan fingerprint density at radius 1 is 1.21 bits per heavy atom. The van der Waals surface area contributed by atoms with Gasteiger partial charge in [0.05, 0.1) is 17.6 Å². The maximum atomic E-state index is 12.3. The zero-order valence-electron chi connectivity index (χ0n) is 14.4. The van der Waals surface area contributed by atoms with E-state index < -0.39 is 0 Å². The summed E-state index contributed by atoms with van der Waals surface area (Å²) in [6, 6.07) is 7.48. The molecule has 0 saturated heterocycles. The van der Waals surface area contributed by atoms with Crippen LogP contribution in [0.5, 0.6) is 0 Å². The average molecular weight is 332 g/mol. The highest BCUT2D eigenvalue weighted by molar-refractivity contribution is 5.84. The third-order valence-corrected chi connectivity index (χ3v) is 3.98. The predicted octanol–water partition coefficient (Wildman–Crippen LogP) is 0.715. The smallest absolute Gasteiger partial charge is 0.328 e. The maximum Gasteiger partial charge on any atom is 0.328 e. The molecule has 2 aromatic rings. The molecule has 0 aliphatic heterocycles. The van der Waals surface area contributed by atoms with Gasteiger partial charge in [0, 0.05) is 33.6 Å². The van der Waals surface area contributed by atoms with Crippen LogP contribution in [-0.4, -0.2) is 46.0 Å². The van der Waals surface area contributed by atoms with E-state index in [1.165, 1.54) is 4.90 Å². The van der Waals surface area contributed by atoms with Crippen LogP contribution in [0.3, 0.4) is 0 Å². The fourth-order valence-electron chi connectivity index (χ4n) is 2.60. The van der Waals surface area contributed by atoms with Crippen molar-refractivity contribution in [1.29, 1.82) is 0 Å². The number of hydrogen-bond acceptors (Lipinski definition) is 3. The van der Waals surface area contributed by atoms with Gasteiger partial charge in [-0.2, -0.15) is 0 Å². The number of hydrogen-bond donors (Lipinski definition) is 1. The lowest BCUT2D eigenvalue weighted by molar-refractivity contribution is -0.134. The topological polar surface area (TPSA) is 76.3 Å². The molecule has 0 radical (unpaired) electrons. The van der Waals surface area contributed by atoms with Gasteiger partial charge in [0.2, 0.25) is 11.8 Å². The fraction of sp³-hybridized carbons (Fsp3) is 0.471. The third kappa shape index (κ3) is 3.84. The molecule has 2 rings (SSSR count). The van der Waals surface area contributed by atoms with Crippen LogP contribution >= 0.6 is 0 Å². The van der Waals surface area contributed by atoms with Gasteiger partial charge < -0.3 is 10.2 Å². The van der Waals surface area contributed by atoms with Crippen LogP contribution in [0.15, 0.2) is 29.1 Å². The molecule has 0 aliphatic carbocycles. The van der Waals surface area contributed by atoms with Gasteiger partial charge in [-0.1, -0.05) is 19.1 Å². The molecule has 0 fully saturated rings. The van der Waals surface area contributed by atoms with Gasteiger partial charge in [0.25, 0.3) is 0 Å². The van der Waals surface area contributed by atoms with Crippen LogP contribution in [0, 0.1) is 0 Å². The first-order valence-electron chi connectivity index (χ1n) is 8.10. The highest BCUT2D eigenvalue weighted by Gasteiger charge is 2.15. The van der Waals surface area contributed by atoms with Crippen molar-refractivity contribution in [2.24, 2.45) is 7.05 Å². The quantitative estimate of drug-likeness (QED) is 0.811. The normalized spacial score (nSPS) is 10.8. The van der Waals surface area contributed by atoms with Crippen molar-refractivity contribution in [3.8, 4) is 0 Å². The molecule has 7 nitrogen and oxygen atoms in total. The Morgan fingerprint density at radius 2 is 1.88 bits per heavy atom. The lowest BCUT2D eigenvalue weighted by Crippen LogP contribution is -2.39. The molecular formula is C17H24N4O3. The van der Waals surface area contributed by atoms with E-state index in [4.69, 9.17) is 0 Å². The Kier molecular flexibility index (Phi) is 5.78. The van der Waals surface area contributed by atoms with Crippen LogP contribution in [0.4, 0.5) is 0 Å². The molecule has 0 atom stereocenters.